The molecule has 0 aromatic rings. The molecule has 0 bridgehead atoms. The molecule has 0 aromatic carbocycles. The van der Waals surface area contributed by atoms with Crippen LogP contribution in [0, 0.1) is 5.92 Å². The standard InChI is InChI=1S/C12H22N2O3/c1-4-9(5-2)14(3)12(17)13-10(11(15)16)8-6-7-8/h8-10H,4-7H2,1-3H3,(H,13,17)(H,15,16). The fraction of sp³-hybridized carbons (Fsp3) is 0.833. The van der Waals surface area contributed by atoms with Crippen LogP contribution >= 0.6 is 0 Å². The molecule has 5 nitrogen and oxygen atoms in total. The fourth-order valence-electron chi connectivity index (χ4n) is 2.05. The van der Waals surface area contributed by atoms with E-state index in [2.05, 4.69) is 5.32 Å². The Morgan fingerprint density at radius 3 is 2.24 bits per heavy atom. The summed E-state index contributed by atoms with van der Waals surface area (Å²) in [5.41, 5.74) is 0. The van der Waals surface area contributed by atoms with Crippen LogP contribution in [0.2, 0.25) is 0 Å². The molecule has 1 saturated carbocycles. The van der Waals surface area contributed by atoms with Gasteiger partial charge in [0.15, 0.2) is 0 Å². The Hall–Kier alpha value is -1.26. The van der Waals surface area contributed by atoms with Crippen molar-refractivity contribution < 1.29 is 14.7 Å². The predicted octanol–water partition coefficient (Wildman–Crippen LogP) is 1.68. The maximum absolute atomic E-state index is 11.9. The predicted molar refractivity (Wildman–Crippen MR) is 64.8 cm³/mol. The first-order valence-corrected chi connectivity index (χ1v) is 6.27. The number of nitrogens with zero attached hydrogens (tertiary/aromatic N) is 1. The second-order valence-electron chi connectivity index (χ2n) is 4.68. The van der Waals surface area contributed by atoms with Crippen molar-refractivity contribution in [2.45, 2.75) is 51.6 Å². The summed E-state index contributed by atoms with van der Waals surface area (Å²) in [6.07, 6.45) is 3.54. The Morgan fingerprint density at radius 2 is 1.88 bits per heavy atom. The SMILES string of the molecule is CCC(CC)N(C)C(=O)NC(C(=O)O)C1CC1. The highest BCUT2D eigenvalue weighted by atomic mass is 16.4. The lowest BCUT2D eigenvalue weighted by molar-refractivity contribution is -0.139. The number of carbonyl (C=O) groups excluding carboxylic acids is 1. The van der Waals surface area contributed by atoms with Crippen LogP contribution in [0.25, 0.3) is 0 Å². The first-order chi connectivity index (χ1) is 8.01. The zero-order valence-corrected chi connectivity index (χ0v) is 10.8. The van der Waals surface area contributed by atoms with Gasteiger partial charge < -0.3 is 15.3 Å². The molecule has 1 atom stereocenters. The molecule has 0 radical (unpaired) electrons. The van der Waals surface area contributed by atoms with E-state index in [-0.39, 0.29) is 18.0 Å². The van der Waals surface area contributed by atoms with Gasteiger partial charge in [-0.25, -0.2) is 9.59 Å². The number of hydrogen-bond acceptors (Lipinski definition) is 2. The molecular formula is C12H22N2O3. The smallest absolute Gasteiger partial charge is 0.326 e. The van der Waals surface area contributed by atoms with Crippen molar-refractivity contribution in [3.63, 3.8) is 0 Å². The average Bonchev–Trinajstić information content (AvgIpc) is 3.10. The maximum Gasteiger partial charge on any atom is 0.326 e. The molecule has 2 N–H and O–H groups in total. The highest BCUT2D eigenvalue weighted by molar-refractivity contribution is 5.83. The van der Waals surface area contributed by atoms with Gasteiger partial charge in [0.05, 0.1) is 0 Å². The number of carboxylic acids is 1. The number of nitrogens with one attached hydrogen (secondary N) is 1. The van der Waals surface area contributed by atoms with E-state index in [1.807, 2.05) is 13.8 Å². The van der Waals surface area contributed by atoms with Gasteiger partial charge in [0, 0.05) is 13.1 Å². The van der Waals surface area contributed by atoms with Crippen LogP contribution in [0.4, 0.5) is 4.79 Å². The van der Waals surface area contributed by atoms with Crippen molar-refractivity contribution in [2.24, 2.45) is 5.92 Å². The lowest BCUT2D eigenvalue weighted by Gasteiger charge is -2.28. The summed E-state index contributed by atoms with van der Waals surface area (Å²) in [7, 11) is 1.72. The molecule has 98 valence electrons. The Morgan fingerprint density at radius 1 is 1.35 bits per heavy atom. The van der Waals surface area contributed by atoms with E-state index in [0.717, 1.165) is 25.7 Å². The van der Waals surface area contributed by atoms with Crippen molar-refractivity contribution in [2.75, 3.05) is 7.05 Å². The normalized spacial score (nSPS) is 16.7. The molecule has 0 spiro atoms. The summed E-state index contributed by atoms with van der Waals surface area (Å²) >= 11 is 0. The van der Waals surface area contributed by atoms with Crippen LogP contribution < -0.4 is 5.32 Å². The van der Waals surface area contributed by atoms with E-state index in [1.165, 1.54) is 0 Å². The second-order valence-corrected chi connectivity index (χ2v) is 4.68. The summed E-state index contributed by atoms with van der Waals surface area (Å²) < 4.78 is 0. The van der Waals surface area contributed by atoms with E-state index < -0.39 is 12.0 Å². The third-order valence-corrected chi connectivity index (χ3v) is 3.45. The minimum absolute atomic E-state index is 0.117. The quantitative estimate of drug-likeness (QED) is 0.744. The van der Waals surface area contributed by atoms with Crippen LogP contribution in [-0.2, 0) is 4.79 Å². The second kappa shape index (κ2) is 5.89. The molecular weight excluding hydrogens is 220 g/mol. The summed E-state index contributed by atoms with van der Waals surface area (Å²) in [6.45, 7) is 4.04. The molecule has 0 heterocycles. The van der Waals surface area contributed by atoms with Crippen LogP contribution in [0.5, 0.6) is 0 Å². The lowest BCUT2D eigenvalue weighted by Crippen LogP contribution is -2.50. The first kappa shape index (κ1) is 13.8. The summed E-state index contributed by atoms with van der Waals surface area (Å²) in [4.78, 5) is 24.5. The molecule has 1 aliphatic rings. The number of urea groups is 1. The van der Waals surface area contributed by atoms with Gasteiger partial charge in [-0.2, -0.15) is 0 Å². The number of amides is 2. The summed E-state index contributed by atoms with van der Waals surface area (Å²) in [5, 5.41) is 11.6. The summed E-state index contributed by atoms with van der Waals surface area (Å²) in [6, 6.07) is -0.832. The van der Waals surface area contributed by atoms with Gasteiger partial charge in [0.1, 0.15) is 6.04 Å². The van der Waals surface area contributed by atoms with Crippen LogP contribution in [0.15, 0.2) is 0 Å². The van der Waals surface area contributed by atoms with Crippen molar-refractivity contribution in [3.05, 3.63) is 0 Å². The topological polar surface area (TPSA) is 69.6 Å². The molecule has 5 heteroatoms. The van der Waals surface area contributed by atoms with E-state index >= 15 is 0 Å². The van der Waals surface area contributed by atoms with Gasteiger partial charge in [0.2, 0.25) is 0 Å². The Kier molecular flexibility index (Phi) is 4.78. The van der Waals surface area contributed by atoms with Gasteiger partial charge >= 0.3 is 12.0 Å². The van der Waals surface area contributed by atoms with Crippen LogP contribution in [-0.4, -0.2) is 41.1 Å². The van der Waals surface area contributed by atoms with Crippen molar-refractivity contribution >= 4 is 12.0 Å². The molecule has 1 fully saturated rings. The van der Waals surface area contributed by atoms with Gasteiger partial charge in [0.25, 0.3) is 0 Å². The monoisotopic (exact) mass is 242 g/mol. The first-order valence-electron chi connectivity index (χ1n) is 6.27. The fourth-order valence-corrected chi connectivity index (χ4v) is 2.05. The van der Waals surface area contributed by atoms with Crippen molar-refractivity contribution in [1.82, 2.24) is 10.2 Å². The third-order valence-electron chi connectivity index (χ3n) is 3.45. The van der Waals surface area contributed by atoms with Crippen LogP contribution in [0.3, 0.4) is 0 Å². The molecule has 1 unspecified atom stereocenters. The van der Waals surface area contributed by atoms with E-state index in [0.29, 0.717) is 0 Å². The number of hydrogen-bond donors (Lipinski definition) is 2. The zero-order valence-electron chi connectivity index (χ0n) is 10.8. The Labute approximate surface area is 102 Å². The van der Waals surface area contributed by atoms with Crippen molar-refractivity contribution in [3.8, 4) is 0 Å². The van der Waals surface area contributed by atoms with Gasteiger partial charge in [-0.05, 0) is 31.6 Å². The zero-order chi connectivity index (χ0) is 13.0. The molecule has 17 heavy (non-hydrogen) atoms. The molecule has 1 rings (SSSR count). The minimum Gasteiger partial charge on any atom is -0.480 e. The van der Waals surface area contributed by atoms with E-state index in [9.17, 15) is 9.59 Å². The highest BCUT2D eigenvalue weighted by Gasteiger charge is 2.38. The number of rotatable bonds is 6. The molecule has 2 amide bonds. The lowest BCUT2D eigenvalue weighted by atomic mass is 10.1. The average molecular weight is 242 g/mol. The third kappa shape index (κ3) is 3.61. The Balaban J connectivity index is 2.54. The molecule has 0 aliphatic heterocycles. The van der Waals surface area contributed by atoms with Gasteiger partial charge in [-0.15, -0.1) is 0 Å². The highest BCUT2D eigenvalue weighted by Crippen LogP contribution is 2.32. The summed E-state index contributed by atoms with van der Waals surface area (Å²) in [5.74, 6) is -0.814. The number of carbonyl (C=O) groups is 2. The molecule has 1 aliphatic carbocycles. The van der Waals surface area contributed by atoms with Gasteiger partial charge in [-0.1, -0.05) is 13.8 Å². The van der Waals surface area contributed by atoms with Crippen molar-refractivity contribution in [1.29, 1.82) is 0 Å². The van der Waals surface area contributed by atoms with Crippen LogP contribution in [0.1, 0.15) is 39.5 Å². The van der Waals surface area contributed by atoms with E-state index in [1.54, 1.807) is 11.9 Å². The number of aliphatic carboxylic acids is 1. The number of carboxylic acid groups (broad SMARTS) is 1. The Bertz CT molecular complexity index is 285. The van der Waals surface area contributed by atoms with E-state index in [4.69, 9.17) is 5.11 Å². The maximum atomic E-state index is 11.9. The minimum atomic E-state index is -0.932. The van der Waals surface area contributed by atoms with Gasteiger partial charge in [-0.3, -0.25) is 0 Å². The molecule has 0 aromatic heterocycles. The largest absolute Gasteiger partial charge is 0.480 e. The molecule has 0 saturated heterocycles.